The van der Waals surface area contributed by atoms with Crippen molar-refractivity contribution in [3.05, 3.63) is 11.8 Å². The molecule has 18 heavy (non-hydrogen) atoms. The zero-order valence-corrected chi connectivity index (χ0v) is 12.0. The molecule has 1 aromatic rings. The Hall–Kier alpha value is -1.32. The summed E-state index contributed by atoms with van der Waals surface area (Å²) in [6, 6.07) is 0. The smallest absolute Gasteiger partial charge is 0.224 e. The standard InChI is InChI=1S/C14H24N4/c1-5-14(6-2)7-8-18(10-14)12-11(3)9-16-13(15-4)17-12/h9H,5-8,10H2,1-4H3,(H,15,16,17). The summed E-state index contributed by atoms with van der Waals surface area (Å²) in [7, 11) is 1.86. The quantitative estimate of drug-likeness (QED) is 0.889. The summed E-state index contributed by atoms with van der Waals surface area (Å²) in [5.74, 6) is 1.80. The van der Waals surface area contributed by atoms with Gasteiger partial charge in [-0.2, -0.15) is 4.98 Å². The lowest BCUT2D eigenvalue weighted by atomic mass is 9.82. The van der Waals surface area contributed by atoms with E-state index in [1.54, 1.807) is 0 Å². The molecule has 0 spiro atoms. The Kier molecular flexibility index (Phi) is 3.73. The number of nitrogens with one attached hydrogen (secondary N) is 1. The Labute approximate surface area is 110 Å². The Morgan fingerprint density at radius 3 is 2.67 bits per heavy atom. The van der Waals surface area contributed by atoms with Gasteiger partial charge in [-0.05, 0) is 31.6 Å². The van der Waals surface area contributed by atoms with Crippen LogP contribution >= 0.6 is 0 Å². The normalized spacial score (nSPS) is 18.1. The number of rotatable bonds is 4. The molecule has 1 fully saturated rings. The van der Waals surface area contributed by atoms with Crippen LogP contribution in [0.5, 0.6) is 0 Å². The Morgan fingerprint density at radius 1 is 1.39 bits per heavy atom. The van der Waals surface area contributed by atoms with Gasteiger partial charge in [0.25, 0.3) is 0 Å². The molecule has 0 aliphatic carbocycles. The first kappa shape index (κ1) is 13.1. The number of hydrogen-bond acceptors (Lipinski definition) is 4. The zero-order valence-electron chi connectivity index (χ0n) is 12.0. The summed E-state index contributed by atoms with van der Waals surface area (Å²) < 4.78 is 0. The van der Waals surface area contributed by atoms with Crippen LogP contribution in [0.1, 0.15) is 38.7 Å². The van der Waals surface area contributed by atoms with E-state index in [1.807, 2.05) is 13.2 Å². The van der Waals surface area contributed by atoms with Gasteiger partial charge in [0.1, 0.15) is 5.82 Å². The van der Waals surface area contributed by atoms with Gasteiger partial charge in [-0.15, -0.1) is 0 Å². The van der Waals surface area contributed by atoms with Crippen LogP contribution < -0.4 is 10.2 Å². The van der Waals surface area contributed by atoms with Crippen molar-refractivity contribution in [3.8, 4) is 0 Å². The predicted molar refractivity (Wildman–Crippen MR) is 76.2 cm³/mol. The van der Waals surface area contributed by atoms with E-state index in [-0.39, 0.29) is 0 Å². The molecule has 100 valence electrons. The molecule has 1 saturated heterocycles. The van der Waals surface area contributed by atoms with E-state index in [0.29, 0.717) is 11.4 Å². The highest BCUT2D eigenvalue weighted by Crippen LogP contribution is 2.39. The summed E-state index contributed by atoms with van der Waals surface area (Å²) in [6.45, 7) is 8.94. The number of hydrogen-bond donors (Lipinski definition) is 1. The molecular weight excluding hydrogens is 224 g/mol. The van der Waals surface area contributed by atoms with E-state index in [0.717, 1.165) is 24.5 Å². The maximum absolute atomic E-state index is 4.61. The number of anilines is 2. The van der Waals surface area contributed by atoms with E-state index in [2.05, 4.69) is 41.0 Å². The largest absolute Gasteiger partial charge is 0.357 e. The van der Waals surface area contributed by atoms with Crippen LogP contribution in [0.3, 0.4) is 0 Å². The summed E-state index contributed by atoms with van der Waals surface area (Å²) >= 11 is 0. The van der Waals surface area contributed by atoms with Crippen LogP contribution in [0, 0.1) is 12.3 Å². The average Bonchev–Trinajstić information content (AvgIpc) is 2.84. The molecule has 0 saturated carbocycles. The molecule has 0 atom stereocenters. The van der Waals surface area contributed by atoms with Crippen LogP contribution in [0.25, 0.3) is 0 Å². The SMILES string of the molecule is CCC1(CC)CCN(c2nc(NC)ncc2C)C1. The van der Waals surface area contributed by atoms with Crippen LogP contribution in [0.4, 0.5) is 11.8 Å². The predicted octanol–water partition coefficient (Wildman–Crippen LogP) is 2.84. The van der Waals surface area contributed by atoms with Gasteiger partial charge in [-0.1, -0.05) is 13.8 Å². The minimum Gasteiger partial charge on any atom is -0.357 e. The van der Waals surface area contributed by atoms with Crippen molar-refractivity contribution < 1.29 is 0 Å². The monoisotopic (exact) mass is 248 g/mol. The van der Waals surface area contributed by atoms with E-state index in [9.17, 15) is 0 Å². The van der Waals surface area contributed by atoms with Gasteiger partial charge in [0.05, 0.1) is 0 Å². The third-order valence-corrected chi connectivity index (χ3v) is 4.41. The lowest BCUT2D eigenvalue weighted by molar-refractivity contribution is 0.301. The first-order chi connectivity index (χ1) is 8.64. The molecule has 4 nitrogen and oxygen atoms in total. The van der Waals surface area contributed by atoms with Crippen molar-refractivity contribution >= 4 is 11.8 Å². The Bertz CT molecular complexity index is 412. The summed E-state index contributed by atoms with van der Waals surface area (Å²) in [5.41, 5.74) is 1.65. The van der Waals surface area contributed by atoms with Crippen molar-refractivity contribution in [2.45, 2.75) is 40.0 Å². The van der Waals surface area contributed by atoms with Crippen molar-refractivity contribution in [2.24, 2.45) is 5.41 Å². The third kappa shape index (κ3) is 2.28. The fourth-order valence-electron chi connectivity index (χ4n) is 2.82. The summed E-state index contributed by atoms with van der Waals surface area (Å²) in [6.07, 6.45) is 5.69. The van der Waals surface area contributed by atoms with Crippen molar-refractivity contribution in [1.82, 2.24) is 9.97 Å². The van der Waals surface area contributed by atoms with Crippen LogP contribution in [-0.4, -0.2) is 30.1 Å². The molecule has 0 radical (unpaired) electrons. The molecule has 1 aromatic heterocycles. The van der Waals surface area contributed by atoms with Gasteiger partial charge >= 0.3 is 0 Å². The van der Waals surface area contributed by atoms with Crippen LogP contribution in [0.15, 0.2) is 6.20 Å². The second kappa shape index (κ2) is 5.12. The average molecular weight is 248 g/mol. The van der Waals surface area contributed by atoms with E-state index >= 15 is 0 Å². The molecule has 2 rings (SSSR count). The minimum absolute atomic E-state index is 0.483. The van der Waals surface area contributed by atoms with Gasteiger partial charge in [-0.25, -0.2) is 4.98 Å². The van der Waals surface area contributed by atoms with E-state index in [4.69, 9.17) is 0 Å². The molecule has 2 heterocycles. The zero-order chi connectivity index (χ0) is 13.2. The topological polar surface area (TPSA) is 41.1 Å². The minimum atomic E-state index is 0.483. The maximum Gasteiger partial charge on any atom is 0.224 e. The van der Waals surface area contributed by atoms with Crippen molar-refractivity contribution in [3.63, 3.8) is 0 Å². The van der Waals surface area contributed by atoms with Crippen molar-refractivity contribution in [2.75, 3.05) is 30.4 Å². The number of aryl methyl sites for hydroxylation is 1. The highest BCUT2D eigenvalue weighted by molar-refractivity contribution is 5.50. The fraction of sp³-hybridized carbons (Fsp3) is 0.714. The molecular formula is C14H24N4. The first-order valence-electron chi connectivity index (χ1n) is 6.90. The van der Waals surface area contributed by atoms with Gasteiger partial charge in [0.2, 0.25) is 5.95 Å². The lowest BCUT2D eigenvalue weighted by Crippen LogP contribution is -2.27. The van der Waals surface area contributed by atoms with Crippen molar-refractivity contribution in [1.29, 1.82) is 0 Å². The second-order valence-electron chi connectivity index (χ2n) is 5.33. The van der Waals surface area contributed by atoms with Gasteiger partial charge in [-0.3, -0.25) is 0 Å². The van der Waals surface area contributed by atoms with Gasteiger partial charge in [0.15, 0.2) is 0 Å². The van der Waals surface area contributed by atoms with Gasteiger partial charge in [0, 0.05) is 31.9 Å². The first-order valence-corrected chi connectivity index (χ1v) is 6.90. The van der Waals surface area contributed by atoms with Gasteiger partial charge < -0.3 is 10.2 Å². The Balaban J connectivity index is 2.23. The van der Waals surface area contributed by atoms with Crippen LogP contribution in [-0.2, 0) is 0 Å². The van der Waals surface area contributed by atoms with Crippen LogP contribution in [0.2, 0.25) is 0 Å². The highest BCUT2D eigenvalue weighted by atomic mass is 15.2. The summed E-state index contributed by atoms with van der Waals surface area (Å²) in [5, 5.41) is 3.02. The molecule has 0 aromatic carbocycles. The summed E-state index contributed by atoms with van der Waals surface area (Å²) in [4.78, 5) is 11.3. The molecule has 1 aliphatic heterocycles. The number of nitrogens with zero attached hydrogens (tertiary/aromatic N) is 3. The molecule has 1 N–H and O–H groups in total. The highest BCUT2D eigenvalue weighted by Gasteiger charge is 2.35. The molecule has 0 bridgehead atoms. The third-order valence-electron chi connectivity index (χ3n) is 4.41. The fourth-order valence-corrected chi connectivity index (χ4v) is 2.82. The lowest BCUT2D eigenvalue weighted by Gasteiger charge is -2.27. The van der Waals surface area contributed by atoms with E-state index < -0.39 is 0 Å². The Morgan fingerprint density at radius 2 is 2.11 bits per heavy atom. The maximum atomic E-state index is 4.61. The van der Waals surface area contributed by atoms with E-state index in [1.165, 1.54) is 19.3 Å². The molecule has 1 aliphatic rings. The number of aromatic nitrogens is 2. The molecule has 0 amide bonds. The second-order valence-corrected chi connectivity index (χ2v) is 5.33. The molecule has 4 heteroatoms. The molecule has 0 unspecified atom stereocenters.